The number of carbonyl (C=O) groups is 1. The van der Waals surface area contributed by atoms with Gasteiger partial charge in [0.2, 0.25) is 11.0 Å². The molecule has 1 unspecified atom stereocenters. The number of anilines is 1. The lowest BCUT2D eigenvalue weighted by Crippen LogP contribution is -2.39. The Morgan fingerprint density at radius 2 is 2.24 bits per heavy atom. The van der Waals surface area contributed by atoms with E-state index in [0.717, 1.165) is 18.0 Å². The smallest absolute Gasteiger partial charge is 0.243 e. The zero-order chi connectivity index (χ0) is 15.4. The van der Waals surface area contributed by atoms with Gasteiger partial charge in [-0.2, -0.15) is 0 Å². The van der Waals surface area contributed by atoms with Crippen LogP contribution in [0.25, 0.3) is 0 Å². The summed E-state index contributed by atoms with van der Waals surface area (Å²) in [5, 5.41) is 14.4. The van der Waals surface area contributed by atoms with E-state index >= 15 is 0 Å². The van der Waals surface area contributed by atoms with E-state index < -0.39 is 0 Å². The molecule has 2 aromatic heterocycles. The van der Waals surface area contributed by atoms with Gasteiger partial charge in [-0.05, 0) is 44.3 Å². The van der Waals surface area contributed by atoms with Crippen molar-refractivity contribution in [2.75, 3.05) is 12.4 Å². The van der Waals surface area contributed by atoms with Crippen LogP contribution in [0.4, 0.5) is 5.13 Å². The Morgan fingerprint density at radius 1 is 1.48 bits per heavy atom. The van der Waals surface area contributed by atoms with Crippen LogP contribution in [0.3, 0.4) is 0 Å². The van der Waals surface area contributed by atoms with Crippen molar-refractivity contribution in [1.29, 1.82) is 0 Å². The normalized spacial score (nSPS) is 12.6. The SMILES string of the molecule is CCc1nnc(NC(=O)C(C)N(C)Cc2sccc2C)s1. The third-order valence-corrected chi connectivity index (χ3v) is 5.39. The number of rotatable bonds is 6. The Balaban J connectivity index is 1.93. The van der Waals surface area contributed by atoms with E-state index in [2.05, 4.69) is 33.9 Å². The largest absolute Gasteiger partial charge is 0.299 e. The Morgan fingerprint density at radius 3 is 2.81 bits per heavy atom. The first-order chi connectivity index (χ1) is 10.0. The highest BCUT2D eigenvalue weighted by molar-refractivity contribution is 7.15. The van der Waals surface area contributed by atoms with Gasteiger partial charge < -0.3 is 0 Å². The van der Waals surface area contributed by atoms with Gasteiger partial charge in [0.15, 0.2) is 0 Å². The summed E-state index contributed by atoms with van der Waals surface area (Å²) in [5.74, 6) is -0.0505. The fourth-order valence-corrected chi connectivity index (χ4v) is 3.44. The third kappa shape index (κ3) is 4.09. The van der Waals surface area contributed by atoms with Crippen molar-refractivity contribution in [2.45, 2.75) is 39.8 Å². The van der Waals surface area contributed by atoms with Crippen LogP contribution in [-0.4, -0.2) is 34.1 Å². The molecule has 0 radical (unpaired) electrons. The molecule has 0 aliphatic carbocycles. The van der Waals surface area contributed by atoms with Gasteiger partial charge in [-0.3, -0.25) is 15.0 Å². The van der Waals surface area contributed by atoms with Gasteiger partial charge in [0, 0.05) is 11.4 Å². The molecular formula is C14H20N4OS2. The lowest BCUT2D eigenvalue weighted by Gasteiger charge is -2.23. The summed E-state index contributed by atoms with van der Waals surface area (Å²) in [6.45, 7) is 6.79. The minimum atomic E-state index is -0.222. The second-order valence-electron chi connectivity index (χ2n) is 4.96. The first kappa shape index (κ1) is 16.1. The van der Waals surface area contributed by atoms with Crippen molar-refractivity contribution in [2.24, 2.45) is 0 Å². The third-order valence-electron chi connectivity index (χ3n) is 3.40. The average molecular weight is 324 g/mol. The maximum absolute atomic E-state index is 12.3. The van der Waals surface area contributed by atoms with Crippen LogP contribution in [0.1, 0.15) is 29.3 Å². The summed E-state index contributed by atoms with van der Waals surface area (Å²) in [7, 11) is 1.96. The molecular weight excluding hydrogens is 304 g/mol. The van der Waals surface area contributed by atoms with E-state index in [1.807, 2.05) is 25.8 Å². The predicted octanol–water partition coefficient (Wildman–Crippen LogP) is 2.93. The Bertz CT molecular complexity index is 608. The van der Waals surface area contributed by atoms with E-state index in [1.54, 1.807) is 11.3 Å². The number of aromatic nitrogens is 2. The number of nitrogens with zero attached hydrogens (tertiary/aromatic N) is 3. The van der Waals surface area contributed by atoms with Gasteiger partial charge in [0.1, 0.15) is 5.01 Å². The molecule has 114 valence electrons. The first-order valence-electron chi connectivity index (χ1n) is 6.87. The van der Waals surface area contributed by atoms with Gasteiger partial charge in [0.05, 0.1) is 6.04 Å². The standard InChI is InChI=1S/C14H20N4OS2/c1-5-12-16-17-14(21-12)15-13(19)10(3)18(4)8-11-9(2)6-7-20-11/h6-7,10H,5,8H2,1-4H3,(H,15,17,19). The summed E-state index contributed by atoms with van der Waals surface area (Å²) >= 11 is 3.15. The number of nitrogens with one attached hydrogen (secondary N) is 1. The number of aryl methyl sites for hydroxylation is 2. The number of hydrogen-bond donors (Lipinski definition) is 1. The molecule has 0 aliphatic rings. The molecule has 21 heavy (non-hydrogen) atoms. The molecule has 0 aliphatic heterocycles. The first-order valence-corrected chi connectivity index (χ1v) is 8.57. The molecule has 1 N–H and O–H groups in total. The molecule has 0 saturated carbocycles. The van der Waals surface area contributed by atoms with Crippen molar-refractivity contribution < 1.29 is 4.79 Å². The summed E-state index contributed by atoms with van der Waals surface area (Å²) < 4.78 is 0. The van der Waals surface area contributed by atoms with Crippen molar-refractivity contribution >= 4 is 33.7 Å². The zero-order valence-corrected chi connectivity index (χ0v) is 14.3. The van der Waals surface area contributed by atoms with Crippen LogP contribution >= 0.6 is 22.7 Å². The van der Waals surface area contributed by atoms with Crippen LogP contribution in [0.2, 0.25) is 0 Å². The number of likely N-dealkylation sites (N-methyl/N-ethyl adjacent to an activating group) is 1. The average Bonchev–Trinajstić information content (AvgIpc) is 3.07. The second kappa shape index (κ2) is 7.11. The molecule has 7 heteroatoms. The molecule has 2 rings (SSSR count). The zero-order valence-electron chi connectivity index (χ0n) is 12.7. The molecule has 2 heterocycles. The lowest BCUT2D eigenvalue weighted by molar-refractivity contribution is -0.120. The van der Waals surface area contributed by atoms with Crippen LogP contribution in [0, 0.1) is 6.92 Å². The molecule has 5 nitrogen and oxygen atoms in total. The van der Waals surface area contributed by atoms with Crippen molar-refractivity contribution in [1.82, 2.24) is 15.1 Å². The number of carbonyl (C=O) groups excluding carboxylic acids is 1. The number of thiophene rings is 1. The van der Waals surface area contributed by atoms with E-state index in [1.165, 1.54) is 21.8 Å². The van der Waals surface area contributed by atoms with Gasteiger partial charge >= 0.3 is 0 Å². The molecule has 0 fully saturated rings. The number of hydrogen-bond acceptors (Lipinski definition) is 6. The highest BCUT2D eigenvalue weighted by Gasteiger charge is 2.20. The van der Waals surface area contributed by atoms with Crippen LogP contribution in [0.15, 0.2) is 11.4 Å². The Labute approximate surface area is 133 Å². The van der Waals surface area contributed by atoms with Gasteiger partial charge in [-0.25, -0.2) is 0 Å². The minimum Gasteiger partial charge on any atom is -0.299 e. The maximum atomic E-state index is 12.3. The molecule has 0 spiro atoms. The van der Waals surface area contributed by atoms with E-state index in [-0.39, 0.29) is 11.9 Å². The molecule has 1 atom stereocenters. The van der Waals surface area contributed by atoms with Gasteiger partial charge in [0.25, 0.3) is 0 Å². The van der Waals surface area contributed by atoms with Gasteiger partial charge in [-0.15, -0.1) is 21.5 Å². The molecule has 0 saturated heterocycles. The molecule has 1 amide bonds. The van der Waals surface area contributed by atoms with Crippen molar-refractivity contribution in [3.8, 4) is 0 Å². The quantitative estimate of drug-likeness (QED) is 0.887. The predicted molar refractivity (Wildman–Crippen MR) is 87.9 cm³/mol. The Kier molecular flexibility index (Phi) is 5.44. The van der Waals surface area contributed by atoms with Gasteiger partial charge in [-0.1, -0.05) is 18.3 Å². The van der Waals surface area contributed by atoms with Crippen molar-refractivity contribution in [3.05, 3.63) is 26.9 Å². The molecule has 2 aromatic rings. The highest BCUT2D eigenvalue weighted by atomic mass is 32.1. The van der Waals surface area contributed by atoms with E-state index in [9.17, 15) is 4.79 Å². The summed E-state index contributed by atoms with van der Waals surface area (Å²) in [6.07, 6.45) is 0.834. The van der Waals surface area contributed by atoms with Crippen LogP contribution in [0.5, 0.6) is 0 Å². The Hall–Kier alpha value is -1.31. The van der Waals surface area contributed by atoms with Crippen molar-refractivity contribution in [3.63, 3.8) is 0 Å². The molecule has 0 bridgehead atoms. The molecule has 0 aromatic carbocycles. The minimum absolute atomic E-state index is 0.0505. The highest BCUT2D eigenvalue weighted by Crippen LogP contribution is 2.19. The lowest BCUT2D eigenvalue weighted by atomic mass is 10.2. The maximum Gasteiger partial charge on any atom is 0.243 e. The summed E-state index contributed by atoms with van der Waals surface area (Å²) in [5.41, 5.74) is 1.27. The fourth-order valence-electron chi connectivity index (χ4n) is 1.79. The van der Waals surface area contributed by atoms with Crippen LogP contribution < -0.4 is 5.32 Å². The summed E-state index contributed by atoms with van der Waals surface area (Å²) in [4.78, 5) is 15.6. The van der Waals surface area contributed by atoms with E-state index in [4.69, 9.17) is 0 Å². The van der Waals surface area contributed by atoms with Crippen LogP contribution in [-0.2, 0) is 17.8 Å². The second-order valence-corrected chi connectivity index (χ2v) is 7.02. The fraction of sp³-hybridized carbons (Fsp3) is 0.500. The van der Waals surface area contributed by atoms with E-state index in [0.29, 0.717) is 5.13 Å². The topological polar surface area (TPSA) is 58.1 Å². The summed E-state index contributed by atoms with van der Waals surface area (Å²) in [6, 6.07) is 1.88. The monoisotopic (exact) mass is 324 g/mol. The number of amides is 1.